The second kappa shape index (κ2) is 1.55. The fraction of sp³-hybridized carbons (Fsp3) is 0.600. The fourth-order valence-electron chi connectivity index (χ4n) is 2.97. The van der Waals surface area contributed by atoms with Crippen molar-refractivity contribution in [3.8, 4) is 0 Å². The summed E-state index contributed by atoms with van der Waals surface area (Å²) in [5, 5.41) is 0. The van der Waals surface area contributed by atoms with Crippen LogP contribution in [0, 0.1) is 23.7 Å². The van der Waals surface area contributed by atoms with Crippen molar-refractivity contribution in [2.24, 2.45) is 23.7 Å². The maximum Gasteiger partial charge on any atom is -0.0133 e. The lowest BCUT2D eigenvalue weighted by atomic mass is 9.86. The zero-order chi connectivity index (χ0) is 6.55. The van der Waals surface area contributed by atoms with Crippen LogP contribution in [0.25, 0.3) is 0 Å². The summed E-state index contributed by atoms with van der Waals surface area (Å²) in [7, 11) is 0. The van der Waals surface area contributed by atoms with E-state index in [1.807, 2.05) is 0 Å². The topological polar surface area (TPSA) is 0 Å². The minimum Gasteiger partial charge on any atom is -0.0879 e. The van der Waals surface area contributed by atoms with E-state index >= 15 is 0 Å². The van der Waals surface area contributed by atoms with E-state index in [0.717, 1.165) is 23.7 Å². The summed E-state index contributed by atoms with van der Waals surface area (Å²) in [5.74, 6) is 3.82. The molecular weight excluding hydrogens is 120 g/mol. The van der Waals surface area contributed by atoms with Crippen molar-refractivity contribution in [1.82, 2.24) is 0 Å². The van der Waals surface area contributed by atoms with Crippen LogP contribution in [0.15, 0.2) is 24.3 Å². The standard InChI is InChI=1S/C10H12/c1-2-9-7-4-5-8(6-7)10(9)3-1/h1-2,4-5,7-10H,3,6H2/t7-,8+,9+,10+/m1/s1. The maximum atomic E-state index is 2.44. The smallest absolute Gasteiger partial charge is 0.0133 e. The molecule has 3 aliphatic carbocycles. The first-order valence-corrected chi connectivity index (χ1v) is 4.30. The van der Waals surface area contributed by atoms with Gasteiger partial charge in [-0.05, 0) is 36.5 Å². The largest absolute Gasteiger partial charge is 0.0879 e. The van der Waals surface area contributed by atoms with Crippen LogP contribution in [0.3, 0.4) is 0 Å². The van der Waals surface area contributed by atoms with Gasteiger partial charge < -0.3 is 0 Å². The zero-order valence-corrected chi connectivity index (χ0v) is 6.03. The molecule has 4 atom stereocenters. The van der Waals surface area contributed by atoms with Gasteiger partial charge in [-0.15, -0.1) is 0 Å². The number of allylic oxidation sites excluding steroid dienone is 4. The van der Waals surface area contributed by atoms with Crippen LogP contribution >= 0.6 is 0 Å². The van der Waals surface area contributed by atoms with Gasteiger partial charge in [0.2, 0.25) is 0 Å². The Bertz CT molecular complexity index is 212. The van der Waals surface area contributed by atoms with Gasteiger partial charge in [-0.2, -0.15) is 0 Å². The van der Waals surface area contributed by atoms with Crippen LogP contribution in [0.2, 0.25) is 0 Å². The van der Waals surface area contributed by atoms with Crippen LogP contribution in [0.1, 0.15) is 12.8 Å². The quantitative estimate of drug-likeness (QED) is 0.444. The molecular formula is C10H12. The molecule has 0 amide bonds. The van der Waals surface area contributed by atoms with Gasteiger partial charge in [-0.3, -0.25) is 0 Å². The summed E-state index contributed by atoms with van der Waals surface area (Å²) in [6.45, 7) is 0. The predicted octanol–water partition coefficient (Wildman–Crippen LogP) is 2.38. The van der Waals surface area contributed by atoms with Crippen LogP contribution in [-0.4, -0.2) is 0 Å². The van der Waals surface area contributed by atoms with Crippen LogP contribution in [-0.2, 0) is 0 Å². The third-order valence-electron chi connectivity index (χ3n) is 3.46. The van der Waals surface area contributed by atoms with E-state index in [1.54, 1.807) is 0 Å². The molecule has 0 aliphatic heterocycles. The van der Waals surface area contributed by atoms with Crippen molar-refractivity contribution in [2.45, 2.75) is 12.8 Å². The molecule has 0 nitrogen and oxygen atoms in total. The molecule has 0 N–H and O–H groups in total. The minimum absolute atomic E-state index is 0.925. The van der Waals surface area contributed by atoms with Gasteiger partial charge in [0, 0.05) is 0 Å². The van der Waals surface area contributed by atoms with Gasteiger partial charge in [0.15, 0.2) is 0 Å². The lowest BCUT2D eigenvalue weighted by molar-refractivity contribution is 0.398. The van der Waals surface area contributed by atoms with Gasteiger partial charge in [0.05, 0.1) is 0 Å². The van der Waals surface area contributed by atoms with E-state index in [4.69, 9.17) is 0 Å². The van der Waals surface area contributed by atoms with Crippen molar-refractivity contribution in [3.05, 3.63) is 24.3 Å². The summed E-state index contributed by atoms with van der Waals surface area (Å²) in [5.41, 5.74) is 0. The summed E-state index contributed by atoms with van der Waals surface area (Å²) < 4.78 is 0. The van der Waals surface area contributed by atoms with Crippen LogP contribution in [0.5, 0.6) is 0 Å². The van der Waals surface area contributed by atoms with Gasteiger partial charge in [0.1, 0.15) is 0 Å². The van der Waals surface area contributed by atoms with E-state index in [0.29, 0.717) is 0 Å². The zero-order valence-electron chi connectivity index (χ0n) is 6.03. The van der Waals surface area contributed by atoms with E-state index in [-0.39, 0.29) is 0 Å². The first kappa shape index (κ1) is 5.17. The highest BCUT2D eigenvalue weighted by atomic mass is 14.5. The Hall–Kier alpha value is -0.520. The van der Waals surface area contributed by atoms with Crippen molar-refractivity contribution in [2.75, 3.05) is 0 Å². The normalized spacial score (nSPS) is 54.4. The molecule has 0 heterocycles. The molecule has 0 aromatic heterocycles. The second-order valence-corrected chi connectivity index (χ2v) is 3.85. The predicted molar refractivity (Wildman–Crippen MR) is 41.5 cm³/mol. The van der Waals surface area contributed by atoms with Crippen molar-refractivity contribution < 1.29 is 0 Å². The van der Waals surface area contributed by atoms with Crippen molar-refractivity contribution in [3.63, 3.8) is 0 Å². The average Bonchev–Trinajstić information content (AvgIpc) is 2.60. The fourth-order valence-corrected chi connectivity index (χ4v) is 2.97. The van der Waals surface area contributed by atoms with Crippen LogP contribution < -0.4 is 0 Å². The minimum atomic E-state index is 0.925. The maximum absolute atomic E-state index is 2.44. The monoisotopic (exact) mass is 132 g/mol. The lowest BCUT2D eigenvalue weighted by Gasteiger charge is -2.18. The molecule has 3 aliphatic rings. The Balaban J connectivity index is 2.04. The number of hydrogen-bond acceptors (Lipinski definition) is 0. The molecule has 1 saturated carbocycles. The van der Waals surface area contributed by atoms with Gasteiger partial charge in [-0.25, -0.2) is 0 Å². The number of hydrogen-bond donors (Lipinski definition) is 0. The third kappa shape index (κ3) is 0.448. The van der Waals surface area contributed by atoms with Crippen molar-refractivity contribution in [1.29, 1.82) is 0 Å². The average molecular weight is 132 g/mol. The molecule has 0 aromatic carbocycles. The van der Waals surface area contributed by atoms with Gasteiger partial charge in [-0.1, -0.05) is 24.3 Å². The molecule has 0 spiro atoms. The first-order valence-electron chi connectivity index (χ1n) is 4.30. The molecule has 0 saturated heterocycles. The van der Waals surface area contributed by atoms with E-state index in [1.165, 1.54) is 12.8 Å². The molecule has 3 rings (SSSR count). The number of fused-ring (bicyclic) bond motifs is 5. The third-order valence-corrected chi connectivity index (χ3v) is 3.46. The first-order chi connectivity index (χ1) is 4.95. The number of rotatable bonds is 0. The summed E-state index contributed by atoms with van der Waals surface area (Å²) in [4.78, 5) is 0. The second-order valence-electron chi connectivity index (χ2n) is 3.85. The summed E-state index contributed by atoms with van der Waals surface area (Å²) in [6.07, 6.45) is 12.5. The van der Waals surface area contributed by atoms with E-state index in [2.05, 4.69) is 24.3 Å². The molecule has 0 radical (unpaired) electrons. The molecule has 0 aromatic rings. The van der Waals surface area contributed by atoms with Crippen molar-refractivity contribution >= 4 is 0 Å². The highest BCUT2D eigenvalue weighted by Crippen LogP contribution is 2.52. The Labute approximate surface area is 61.6 Å². The molecule has 0 heteroatoms. The Morgan fingerprint density at radius 1 is 1.00 bits per heavy atom. The molecule has 52 valence electrons. The van der Waals surface area contributed by atoms with Gasteiger partial charge >= 0.3 is 0 Å². The van der Waals surface area contributed by atoms with Crippen LogP contribution in [0.4, 0.5) is 0 Å². The molecule has 10 heavy (non-hydrogen) atoms. The summed E-state index contributed by atoms with van der Waals surface area (Å²) in [6, 6.07) is 0. The van der Waals surface area contributed by atoms with E-state index in [9.17, 15) is 0 Å². The SMILES string of the molecule is C1=C[C@@H]2[C@@H](C1)[C@H]1C=C[C@@H]2C1. The molecule has 0 unspecified atom stereocenters. The molecule has 2 bridgehead atoms. The lowest BCUT2D eigenvalue weighted by Crippen LogP contribution is -2.12. The Kier molecular flexibility index (Phi) is 0.803. The van der Waals surface area contributed by atoms with E-state index < -0.39 is 0 Å². The highest BCUT2D eigenvalue weighted by molar-refractivity contribution is 5.21. The Morgan fingerprint density at radius 2 is 1.90 bits per heavy atom. The Morgan fingerprint density at radius 3 is 2.80 bits per heavy atom. The highest BCUT2D eigenvalue weighted by Gasteiger charge is 2.44. The molecule has 1 fully saturated rings. The summed E-state index contributed by atoms with van der Waals surface area (Å²) >= 11 is 0. The van der Waals surface area contributed by atoms with Gasteiger partial charge in [0.25, 0.3) is 0 Å².